The first kappa shape index (κ1) is 15.9. The number of imidazole rings is 1. The van der Waals surface area contributed by atoms with Gasteiger partial charge in [0.15, 0.2) is 0 Å². The number of rotatable bonds is 5. The molecular formula is C17H22ClN5O. The smallest absolute Gasteiger partial charge is 0.234 e. The van der Waals surface area contributed by atoms with Gasteiger partial charge >= 0.3 is 0 Å². The van der Waals surface area contributed by atoms with Crippen LogP contribution in [0.15, 0.2) is 18.2 Å². The van der Waals surface area contributed by atoms with Crippen molar-refractivity contribution >= 4 is 28.5 Å². The van der Waals surface area contributed by atoms with Crippen LogP contribution in [0.1, 0.15) is 18.7 Å². The molecule has 0 atom stereocenters. The van der Waals surface area contributed by atoms with Gasteiger partial charge in [0, 0.05) is 37.2 Å². The second-order valence-electron chi connectivity index (χ2n) is 6.74. The van der Waals surface area contributed by atoms with Crippen molar-refractivity contribution in [2.45, 2.75) is 25.4 Å². The lowest BCUT2D eigenvalue weighted by Gasteiger charge is -2.33. The number of carbonyl (C=O) groups excluding carboxylic acids is 1. The van der Waals surface area contributed by atoms with E-state index in [9.17, 15) is 4.79 Å². The van der Waals surface area contributed by atoms with E-state index in [0.29, 0.717) is 12.6 Å². The number of nitrogens with one attached hydrogen (secondary N) is 2. The summed E-state index contributed by atoms with van der Waals surface area (Å²) in [7, 11) is 0. The van der Waals surface area contributed by atoms with Crippen LogP contribution >= 0.6 is 11.6 Å². The van der Waals surface area contributed by atoms with Crippen molar-refractivity contribution < 1.29 is 4.79 Å². The number of aromatic nitrogens is 2. The van der Waals surface area contributed by atoms with Gasteiger partial charge in [-0.1, -0.05) is 11.6 Å². The highest BCUT2D eigenvalue weighted by atomic mass is 35.5. The van der Waals surface area contributed by atoms with Crippen molar-refractivity contribution in [3.05, 3.63) is 29.0 Å². The summed E-state index contributed by atoms with van der Waals surface area (Å²) in [5.74, 6) is 1.13. The van der Waals surface area contributed by atoms with E-state index >= 15 is 0 Å². The molecule has 2 aliphatic rings. The maximum absolute atomic E-state index is 11.9. The monoisotopic (exact) mass is 347 g/mol. The van der Waals surface area contributed by atoms with Gasteiger partial charge in [0.2, 0.25) is 5.91 Å². The molecule has 2 fully saturated rings. The van der Waals surface area contributed by atoms with Gasteiger partial charge in [0.05, 0.1) is 24.1 Å². The molecule has 1 amide bonds. The van der Waals surface area contributed by atoms with Crippen LogP contribution < -0.4 is 5.32 Å². The van der Waals surface area contributed by atoms with E-state index in [1.807, 2.05) is 18.2 Å². The highest BCUT2D eigenvalue weighted by Gasteiger charge is 2.25. The maximum atomic E-state index is 11.9. The molecule has 1 aliphatic carbocycles. The largest absolute Gasteiger partial charge is 0.352 e. The van der Waals surface area contributed by atoms with E-state index in [1.165, 1.54) is 0 Å². The third kappa shape index (κ3) is 3.88. The highest BCUT2D eigenvalue weighted by Crippen LogP contribution is 2.19. The normalized spacial score (nSPS) is 19.7. The van der Waals surface area contributed by atoms with Crippen LogP contribution in [-0.2, 0) is 11.3 Å². The van der Waals surface area contributed by atoms with E-state index in [4.69, 9.17) is 11.6 Å². The average molecular weight is 348 g/mol. The van der Waals surface area contributed by atoms with Crippen molar-refractivity contribution in [2.24, 2.45) is 0 Å². The standard InChI is InChI=1S/C17H22ClN5O/c18-12-1-4-14-15(9-12)21-16(20-14)10-22-5-7-23(8-6-22)11-17(24)19-13-2-3-13/h1,4,9,13H,2-3,5-8,10-11H2,(H,19,24)(H,20,21). The number of nitrogens with zero attached hydrogens (tertiary/aromatic N) is 3. The predicted octanol–water partition coefficient (Wildman–Crippen LogP) is 1.61. The molecule has 1 aromatic carbocycles. The number of benzene rings is 1. The Hall–Kier alpha value is -1.63. The van der Waals surface area contributed by atoms with E-state index in [0.717, 1.165) is 67.4 Å². The number of hydrogen-bond donors (Lipinski definition) is 2. The van der Waals surface area contributed by atoms with Crippen LogP contribution in [0.4, 0.5) is 0 Å². The minimum absolute atomic E-state index is 0.167. The van der Waals surface area contributed by atoms with Gasteiger partial charge in [0.1, 0.15) is 5.82 Å². The molecule has 6 nitrogen and oxygen atoms in total. The first-order valence-corrected chi connectivity index (χ1v) is 8.92. The Bertz CT molecular complexity index is 734. The summed E-state index contributed by atoms with van der Waals surface area (Å²) in [6.45, 7) is 5.07. The molecule has 1 aliphatic heterocycles. The van der Waals surface area contributed by atoms with Crippen LogP contribution in [0.2, 0.25) is 5.02 Å². The fourth-order valence-corrected chi connectivity index (χ4v) is 3.30. The van der Waals surface area contributed by atoms with Crippen LogP contribution in [-0.4, -0.2) is 64.4 Å². The number of amides is 1. The number of halogens is 1. The maximum Gasteiger partial charge on any atom is 0.234 e. The first-order chi connectivity index (χ1) is 11.7. The second-order valence-corrected chi connectivity index (χ2v) is 7.18. The Morgan fingerprint density at radius 1 is 1.25 bits per heavy atom. The first-order valence-electron chi connectivity index (χ1n) is 8.54. The summed E-state index contributed by atoms with van der Waals surface area (Å²) < 4.78 is 0. The van der Waals surface area contributed by atoms with Gasteiger partial charge in [-0.25, -0.2) is 4.98 Å². The van der Waals surface area contributed by atoms with Gasteiger partial charge in [-0.2, -0.15) is 0 Å². The topological polar surface area (TPSA) is 64.3 Å². The van der Waals surface area contributed by atoms with Crippen molar-refractivity contribution in [1.82, 2.24) is 25.1 Å². The molecule has 24 heavy (non-hydrogen) atoms. The Morgan fingerprint density at radius 2 is 2.00 bits per heavy atom. The molecular weight excluding hydrogens is 326 g/mol. The molecule has 0 radical (unpaired) electrons. The van der Waals surface area contributed by atoms with Crippen LogP contribution in [0.3, 0.4) is 0 Å². The number of aromatic amines is 1. The quantitative estimate of drug-likeness (QED) is 0.862. The van der Waals surface area contributed by atoms with Crippen LogP contribution in [0.5, 0.6) is 0 Å². The molecule has 4 rings (SSSR count). The van der Waals surface area contributed by atoms with Gasteiger partial charge in [0.25, 0.3) is 0 Å². The number of fused-ring (bicyclic) bond motifs is 1. The molecule has 7 heteroatoms. The molecule has 1 saturated carbocycles. The summed E-state index contributed by atoms with van der Waals surface area (Å²) in [6.07, 6.45) is 2.28. The van der Waals surface area contributed by atoms with E-state index in [2.05, 4.69) is 25.1 Å². The average Bonchev–Trinajstić information content (AvgIpc) is 3.27. The third-order valence-electron chi connectivity index (χ3n) is 4.64. The lowest BCUT2D eigenvalue weighted by molar-refractivity contribution is -0.122. The van der Waals surface area contributed by atoms with Crippen molar-refractivity contribution in [1.29, 1.82) is 0 Å². The lowest BCUT2D eigenvalue weighted by atomic mass is 10.3. The zero-order valence-electron chi connectivity index (χ0n) is 13.6. The number of piperazine rings is 1. The Balaban J connectivity index is 1.28. The molecule has 0 bridgehead atoms. The zero-order chi connectivity index (χ0) is 16.5. The predicted molar refractivity (Wildman–Crippen MR) is 94.0 cm³/mol. The van der Waals surface area contributed by atoms with Crippen molar-refractivity contribution in [3.8, 4) is 0 Å². The SMILES string of the molecule is O=C(CN1CCN(Cc2nc3ccc(Cl)cc3[nH]2)CC1)NC1CC1. The van der Waals surface area contributed by atoms with Crippen molar-refractivity contribution in [2.75, 3.05) is 32.7 Å². The van der Waals surface area contributed by atoms with Crippen molar-refractivity contribution in [3.63, 3.8) is 0 Å². The molecule has 2 aromatic rings. The van der Waals surface area contributed by atoms with Gasteiger partial charge in [-0.05, 0) is 31.0 Å². The fourth-order valence-electron chi connectivity index (χ4n) is 3.13. The molecule has 1 saturated heterocycles. The van der Waals surface area contributed by atoms with E-state index in [-0.39, 0.29) is 5.91 Å². The summed E-state index contributed by atoms with van der Waals surface area (Å²) in [5.41, 5.74) is 1.93. The van der Waals surface area contributed by atoms with Gasteiger partial charge in [-0.15, -0.1) is 0 Å². The summed E-state index contributed by atoms with van der Waals surface area (Å²) in [5, 5.41) is 3.77. The van der Waals surface area contributed by atoms with Crippen LogP contribution in [0.25, 0.3) is 11.0 Å². The van der Waals surface area contributed by atoms with Crippen LogP contribution in [0, 0.1) is 0 Å². The molecule has 2 heterocycles. The van der Waals surface area contributed by atoms with E-state index in [1.54, 1.807) is 0 Å². The number of carbonyl (C=O) groups is 1. The Morgan fingerprint density at radius 3 is 2.75 bits per heavy atom. The van der Waals surface area contributed by atoms with E-state index < -0.39 is 0 Å². The Kier molecular flexibility index (Phi) is 4.43. The molecule has 2 N–H and O–H groups in total. The second kappa shape index (κ2) is 6.70. The number of H-pyrrole nitrogens is 1. The fraction of sp³-hybridized carbons (Fsp3) is 0.529. The van der Waals surface area contributed by atoms with Gasteiger partial charge < -0.3 is 10.3 Å². The lowest BCUT2D eigenvalue weighted by Crippen LogP contribution is -2.49. The summed E-state index contributed by atoms with van der Waals surface area (Å²) in [4.78, 5) is 24.4. The molecule has 0 spiro atoms. The Labute approximate surface area is 146 Å². The minimum Gasteiger partial charge on any atom is -0.352 e. The minimum atomic E-state index is 0.167. The van der Waals surface area contributed by atoms with Gasteiger partial charge in [-0.3, -0.25) is 14.6 Å². The highest BCUT2D eigenvalue weighted by molar-refractivity contribution is 6.31. The molecule has 1 aromatic heterocycles. The summed E-state index contributed by atoms with van der Waals surface area (Å²) >= 11 is 6.02. The zero-order valence-corrected chi connectivity index (χ0v) is 14.4. The third-order valence-corrected chi connectivity index (χ3v) is 4.88. The molecule has 128 valence electrons. The molecule has 0 unspecified atom stereocenters. The number of hydrogen-bond acceptors (Lipinski definition) is 4. The summed E-state index contributed by atoms with van der Waals surface area (Å²) in [6, 6.07) is 6.15.